The summed E-state index contributed by atoms with van der Waals surface area (Å²) in [5.74, 6) is 0.668. The Bertz CT molecular complexity index is 508. The first-order valence-electron chi connectivity index (χ1n) is 8.89. The van der Waals surface area contributed by atoms with Crippen LogP contribution in [0.1, 0.15) is 37.4 Å². The summed E-state index contributed by atoms with van der Waals surface area (Å²) in [5.41, 5.74) is 1.69. The maximum absolute atomic E-state index is 5.58. The maximum Gasteiger partial charge on any atom is 0.0897 e. The van der Waals surface area contributed by atoms with Gasteiger partial charge in [0, 0.05) is 44.1 Å². The van der Waals surface area contributed by atoms with Crippen LogP contribution in [0.4, 0.5) is 0 Å². The molecule has 2 fully saturated rings. The van der Waals surface area contributed by atoms with Crippen molar-refractivity contribution in [2.24, 2.45) is 11.3 Å². The van der Waals surface area contributed by atoms with Crippen molar-refractivity contribution in [3.63, 3.8) is 0 Å². The van der Waals surface area contributed by atoms with E-state index in [0.717, 1.165) is 19.7 Å². The van der Waals surface area contributed by atoms with Crippen LogP contribution in [0.15, 0.2) is 5.38 Å². The molecule has 2 aliphatic rings. The smallest absolute Gasteiger partial charge is 0.0897 e. The van der Waals surface area contributed by atoms with Gasteiger partial charge in [0.2, 0.25) is 0 Å². The predicted octanol–water partition coefficient (Wildman–Crippen LogP) is 3.02. The summed E-state index contributed by atoms with van der Waals surface area (Å²) in [5, 5.41) is 3.39. The van der Waals surface area contributed by atoms with Crippen molar-refractivity contribution in [2.45, 2.75) is 46.2 Å². The Balaban J connectivity index is 1.66. The Kier molecular flexibility index (Phi) is 5.41. The van der Waals surface area contributed by atoms with Gasteiger partial charge in [0.05, 0.1) is 17.3 Å². The molecule has 3 rings (SSSR count). The van der Waals surface area contributed by atoms with Gasteiger partial charge in [0.25, 0.3) is 0 Å². The van der Waals surface area contributed by atoms with Gasteiger partial charge < -0.3 is 9.64 Å². The van der Waals surface area contributed by atoms with Gasteiger partial charge >= 0.3 is 0 Å². The normalized spacial score (nSPS) is 25.7. The molecular weight excluding hydrogens is 306 g/mol. The minimum Gasteiger partial charge on any atom is -0.384 e. The van der Waals surface area contributed by atoms with Gasteiger partial charge in [0.15, 0.2) is 0 Å². The lowest BCUT2D eigenvalue weighted by molar-refractivity contribution is 0.0281. The van der Waals surface area contributed by atoms with Crippen molar-refractivity contribution in [1.29, 1.82) is 0 Å². The van der Waals surface area contributed by atoms with Crippen molar-refractivity contribution in [3.05, 3.63) is 16.1 Å². The summed E-state index contributed by atoms with van der Waals surface area (Å²) in [6, 6.07) is 0.670. The number of aryl methyl sites for hydroxylation is 1. The summed E-state index contributed by atoms with van der Waals surface area (Å²) in [4.78, 5) is 9.89. The number of methoxy groups -OCH3 is 1. The number of rotatable bonds is 5. The van der Waals surface area contributed by atoms with Crippen LogP contribution in [-0.4, -0.2) is 60.7 Å². The van der Waals surface area contributed by atoms with Crippen LogP contribution >= 0.6 is 11.3 Å². The van der Waals surface area contributed by atoms with Crippen molar-refractivity contribution in [2.75, 3.05) is 39.9 Å². The molecule has 2 saturated heterocycles. The predicted molar refractivity (Wildman–Crippen MR) is 95.9 cm³/mol. The quantitative estimate of drug-likeness (QED) is 0.826. The number of ether oxygens (including phenoxy) is 1. The Morgan fingerprint density at radius 1 is 1.39 bits per heavy atom. The van der Waals surface area contributed by atoms with Crippen LogP contribution in [0.3, 0.4) is 0 Å². The fourth-order valence-corrected chi connectivity index (χ4v) is 5.06. The molecule has 3 heterocycles. The SMILES string of the molecule is COC[C@H]1CN(Cc2csc(C)n2)CC12CCN(C(C)C)CC2. The van der Waals surface area contributed by atoms with E-state index in [1.165, 1.54) is 43.2 Å². The summed E-state index contributed by atoms with van der Waals surface area (Å²) >= 11 is 1.76. The van der Waals surface area contributed by atoms with Crippen molar-refractivity contribution < 1.29 is 4.74 Å². The van der Waals surface area contributed by atoms with Crippen LogP contribution < -0.4 is 0 Å². The summed E-state index contributed by atoms with van der Waals surface area (Å²) in [6.07, 6.45) is 2.62. The van der Waals surface area contributed by atoms with Crippen LogP contribution in [0.5, 0.6) is 0 Å². The van der Waals surface area contributed by atoms with Crippen molar-refractivity contribution in [3.8, 4) is 0 Å². The molecule has 130 valence electrons. The number of likely N-dealkylation sites (tertiary alicyclic amines) is 2. The van der Waals surface area contributed by atoms with Crippen LogP contribution in [0.2, 0.25) is 0 Å². The third-order valence-corrected chi connectivity index (χ3v) is 6.65. The monoisotopic (exact) mass is 337 g/mol. The van der Waals surface area contributed by atoms with E-state index in [1.54, 1.807) is 11.3 Å². The molecular formula is C18H31N3OS. The van der Waals surface area contributed by atoms with E-state index >= 15 is 0 Å². The second-order valence-electron chi connectivity index (χ2n) is 7.67. The van der Waals surface area contributed by atoms with Crippen molar-refractivity contribution >= 4 is 11.3 Å². The minimum absolute atomic E-state index is 0.451. The highest BCUT2D eigenvalue weighted by molar-refractivity contribution is 7.09. The van der Waals surface area contributed by atoms with Gasteiger partial charge in [-0.1, -0.05) is 0 Å². The first-order chi connectivity index (χ1) is 11.0. The van der Waals surface area contributed by atoms with Gasteiger partial charge in [0.1, 0.15) is 0 Å². The number of piperidine rings is 1. The van der Waals surface area contributed by atoms with E-state index in [2.05, 4.69) is 40.9 Å². The molecule has 1 aromatic rings. The minimum atomic E-state index is 0.451. The third kappa shape index (κ3) is 3.78. The van der Waals surface area contributed by atoms with E-state index in [0.29, 0.717) is 17.4 Å². The molecule has 0 aliphatic carbocycles. The van der Waals surface area contributed by atoms with Crippen LogP contribution in [0, 0.1) is 18.3 Å². The van der Waals surface area contributed by atoms with Gasteiger partial charge in [-0.2, -0.15) is 0 Å². The Hall–Kier alpha value is -0.490. The Morgan fingerprint density at radius 2 is 2.13 bits per heavy atom. The lowest BCUT2D eigenvalue weighted by Gasteiger charge is -2.44. The molecule has 5 heteroatoms. The van der Waals surface area contributed by atoms with E-state index in [4.69, 9.17) is 4.74 Å². The molecule has 2 aliphatic heterocycles. The van der Waals surface area contributed by atoms with Crippen LogP contribution in [-0.2, 0) is 11.3 Å². The van der Waals surface area contributed by atoms with Gasteiger partial charge in [-0.15, -0.1) is 11.3 Å². The average molecular weight is 338 g/mol. The van der Waals surface area contributed by atoms with Gasteiger partial charge in [-0.3, -0.25) is 4.90 Å². The molecule has 0 bridgehead atoms. The zero-order valence-corrected chi connectivity index (χ0v) is 15.9. The summed E-state index contributed by atoms with van der Waals surface area (Å²) in [6.45, 7) is 13.5. The molecule has 1 atom stereocenters. The molecule has 0 N–H and O–H groups in total. The fourth-order valence-electron chi connectivity index (χ4n) is 4.46. The highest BCUT2D eigenvalue weighted by Crippen LogP contribution is 2.45. The van der Waals surface area contributed by atoms with Crippen LogP contribution in [0.25, 0.3) is 0 Å². The molecule has 0 saturated carbocycles. The van der Waals surface area contributed by atoms with Gasteiger partial charge in [-0.25, -0.2) is 4.98 Å². The molecule has 0 aromatic carbocycles. The van der Waals surface area contributed by atoms with Crippen molar-refractivity contribution in [1.82, 2.24) is 14.8 Å². The molecule has 0 unspecified atom stereocenters. The average Bonchev–Trinajstić information content (AvgIpc) is 3.05. The molecule has 1 aromatic heterocycles. The molecule has 1 spiro atoms. The standard InChI is InChI=1S/C18H31N3OS/c1-14(2)21-7-5-18(6-8-21)13-20(9-16(18)11-22-4)10-17-12-23-15(3)19-17/h12,14,16H,5-11,13H2,1-4H3/t16-/m1/s1. The second kappa shape index (κ2) is 7.18. The Labute approximate surface area is 144 Å². The number of aromatic nitrogens is 1. The highest BCUT2D eigenvalue weighted by atomic mass is 32.1. The maximum atomic E-state index is 5.58. The lowest BCUT2D eigenvalue weighted by Crippen LogP contribution is -2.47. The van der Waals surface area contributed by atoms with E-state index in [9.17, 15) is 0 Å². The highest BCUT2D eigenvalue weighted by Gasteiger charge is 2.47. The molecule has 23 heavy (non-hydrogen) atoms. The number of nitrogens with zero attached hydrogens (tertiary/aromatic N) is 3. The first-order valence-corrected chi connectivity index (χ1v) is 9.77. The topological polar surface area (TPSA) is 28.6 Å². The molecule has 0 radical (unpaired) electrons. The first kappa shape index (κ1) is 17.3. The lowest BCUT2D eigenvalue weighted by atomic mass is 9.71. The number of hydrogen-bond donors (Lipinski definition) is 0. The zero-order valence-electron chi connectivity index (χ0n) is 15.0. The molecule has 4 nitrogen and oxygen atoms in total. The van der Waals surface area contributed by atoms with E-state index in [1.807, 2.05) is 7.11 Å². The third-order valence-electron chi connectivity index (χ3n) is 5.83. The van der Waals surface area contributed by atoms with Gasteiger partial charge in [-0.05, 0) is 52.1 Å². The van der Waals surface area contributed by atoms with E-state index < -0.39 is 0 Å². The molecule has 0 amide bonds. The van der Waals surface area contributed by atoms with E-state index in [-0.39, 0.29) is 0 Å². The summed E-state index contributed by atoms with van der Waals surface area (Å²) < 4.78 is 5.58. The number of thiazole rings is 1. The number of hydrogen-bond acceptors (Lipinski definition) is 5. The Morgan fingerprint density at radius 3 is 2.70 bits per heavy atom. The fraction of sp³-hybridized carbons (Fsp3) is 0.833. The largest absolute Gasteiger partial charge is 0.384 e. The second-order valence-corrected chi connectivity index (χ2v) is 8.73. The summed E-state index contributed by atoms with van der Waals surface area (Å²) in [7, 11) is 1.85. The zero-order chi connectivity index (χ0) is 16.4.